The summed E-state index contributed by atoms with van der Waals surface area (Å²) in [6, 6.07) is 5.67. The van der Waals surface area contributed by atoms with Crippen LogP contribution >= 0.6 is 11.8 Å². The molecule has 1 rings (SSSR count). The summed E-state index contributed by atoms with van der Waals surface area (Å²) in [6.07, 6.45) is 2.10. The zero-order chi connectivity index (χ0) is 15.9. The molecule has 0 heterocycles. The standard InChI is InChI=1S/C15H25N3O2S/c1-15(2,21-6)10-17-14(16-3)18-11-7-8-12(19-4)13(9-11)20-5/h7-9H,10H2,1-6H3,(H2,16,17,18). The zero-order valence-corrected chi connectivity index (χ0v) is 14.4. The van der Waals surface area contributed by atoms with Crippen LogP contribution in [0.15, 0.2) is 23.2 Å². The van der Waals surface area contributed by atoms with E-state index in [0.29, 0.717) is 11.5 Å². The van der Waals surface area contributed by atoms with Crippen LogP contribution in [0.1, 0.15) is 13.8 Å². The minimum Gasteiger partial charge on any atom is -0.493 e. The van der Waals surface area contributed by atoms with Crippen molar-refractivity contribution in [3.05, 3.63) is 18.2 Å². The predicted octanol–water partition coefficient (Wildman–Crippen LogP) is 2.83. The van der Waals surface area contributed by atoms with Crippen molar-refractivity contribution in [1.82, 2.24) is 5.32 Å². The Morgan fingerprint density at radius 1 is 1.24 bits per heavy atom. The van der Waals surface area contributed by atoms with Crippen LogP contribution in [0.25, 0.3) is 0 Å². The lowest BCUT2D eigenvalue weighted by atomic mass is 10.2. The fraction of sp³-hybridized carbons (Fsp3) is 0.533. The van der Waals surface area contributed by atoms with Crippen molar-refractivity contribution in [2.75, 3.05) is 39.4 Å². The minimum atomic E-state index is 0.148. The third-order valence-corrected chi connectivity index (χ3v) is 4.35. The first-order valence-corrected chi connectivity index (χ1v) is 7.93. The molecule has 2 N–H and O–H groups in total. The van der Waals surface area contributed by atoms with Gasteiger partial charge in [-0.1, -0.05) is 0 Å². The Morgan fingerprint density at radius 2 is 1.90 bits per heavy atom. The van der Waals surface area contributed by atoms with Crippen LogP contribution in [-0.2, 0) is 0 Å². The molecule has 6 heteroatoms. The highest BCUT2D eigenvalue weighted by Gasteiger charge is 2.16. The van der Waals surface area contributed by atoms with Crippen molar-refractivity contribution in [2.24, 2.45) is 4.99 Å². The zero-order valence-electron chi connectivity index (χ0n) is 13.6. The lowest BCUT2D eigenvalue weighted by Gasteiger charge is -2.23. The van der Waals surface area contributed by atoms with E-state index in [-0.39, 0.29) is 4.75 Å². The second-order valence-electron chi connectivity index (χ2n) is 5.08. The summed E-state index contributed by atoms with van der Waals surface area (Å²) in [4.78, 5) is 4.23. The Balaban J connectivity index is 2.74. The number of thioether (sulfide) groups is 1. The van der Waals surface area contributed by atoms with Gasteiger partial charge < -0.3 is 20.1 Å². The number of anilines is 1. The predicted molar refractivity (Wildman–Crippen MR) is 92.1 cm³/mol. The van der Waals surface area contributed by atoms with Gasteiger partial charge in [-0.25, -0.2) is 0 Å². The van der Waals surface area contributed by atoms with Crippen molar-refractivity contribution in [3.63, 3.8) is 0 Å². The molecule has 0 spiro atoms. The summed E-state index contributed by atoms with van der Waals surface area (Å²) in [5.74, 6) is 2.11. The Hall–Kier alpha value is -1.56. The van der Waals surface area contributed by atoms with Crippen molar-refractivity contribution >= 4 is 23.4 Å². The summed E-state index contributed by atoms with van der Waals surface area (Å²) < 4.78 is 10.7. The smallest absolute Gasteiger partial charge is 0.195 e. The molecule has 21 heavy (non-hydrogen) atoms. The second-order valence-corrected chi connectivity index (χ2v) is 6.60. The number of guanidine groups is 1. The molecule has 0 aromatic heterocycles. The molecule has 0 unspecified atom stereocenters. The first-order valence-electron chi connectivity index (χ1n) is 6.70. The fourth-order valence-electron chi connectivity index (χ4n) is 1.60. The molecule has 0 radical (unpaired) electrons. The first-order chi connectivity index (χ1) is 9.95. The molecule has 0 amide bonds. The molecule has 0 aliphatic heterocycles. The van der Waals surface area contributed by atoms with Gasteiger partial charge in [0.1, 0.15) is 0 Å². The number of nitrogens with one attached hydrogen (secondary N) is 2. The second kappa shape index (κ2) is 8.02. The largest absolute Gasteiger partial charge is 0.493 e. The van der Waals surface area contributed by atoms with Crippen molar-refractivity contribution in [3.8, 4) is 11.5 Å². The highest BCUT2D eigenvalue weighted by atomic mass is 32.2. The van der Waals surface area contributed by atoms with Crippen molar-refractivity contribution < 1.29 is 9.47 Å². The van der Waals surface area contributed by atoms with E-state index in [9.17, 15) is 0 Å². The molecule has 118 valence electrons. The van der Waals surface area contributed by atoms with Gasteiger partial charge in [0.05, 0.1) is 14.2 Å². The van der Waals surface area contributed by atoms with Gasteiger partial charge in [-0.05, 0) is 32.2 Å². The topological polar surface area (TPSA) is 54.9 Å². The third-order valence-electron chi connectivity index (χ3n) is 3.10. The minimum absolute atomic E-state index is 0.148. The molecule has 0 atom stereocenters. The lowest BCUT2D eigenvalue weighted by molar-refractivity contribution is 0.355. The van der Waals surface area contributed by atoms with Crippen LogP contribution in [0.2, 0.25) is 0 Å². The van der Waals surface area contributed by atoms with Gasteiger partial charge in [0.15, 0.2) is 17.5 Å². The Labute approximate surface area is 131 Å². The molecule has 0 bridgehead atoms. The van der Waals surface area contributed by atoms with Crippen LogP contribution in [-0.4, -0.2) is 44.8 Å². The average Bonchev–Trinajstić information content (AvgIpc) is 2.51. The molecule has 0 aliphatic rings. The highest BCUT2D eigenvalue weighted by molar-refractivity contribution is 7.99. The molecular weight excluding hydrogens is 286 g/mol. The number of benzene rings is 1. The van der Waals surface area contributed by atoms with E-state index in [0.717, 1.165) is 18.2 Å². The number of ether oxygens (including phenoxy) is 2. The SMILES string of the molecule is CN=C(NCC(C)(C)SC)Nc1ccc(OC)c(OC)c1. The van der Waals surface area contributed by atoms with Gasteiger partial charge >= 0.3 is 0 Å². The van der Waals surface area contributed by atoms with Gasteiger partial charge in [0.25, 0.3) is 0 Å². The summed E-state index contributed by atoms with van der Waals surface area (Å²) >= 11 is 1.82. The molecule has 1 aromatic rings. The number of rotatable bonds is 6. The molecule has 5 nitrogen and oxygen atoms in total. The van der Waals surface area contributed by atoms with Gasteiger partial charge in [-0.2, -0.15) is 11.8 Å². The van der Waals surface area contributed by atoms with Gasteiger partial charge in [-0.3, -0.25) is 4.99 Å². The van der Waals surface area contributed by atoms with E-state index in [1.165, 1.54) is 0 Å². The molecule has 0 saturated carbocycles. The number of methoxy groups -OCH3 is 2. The van der Waals surface area contributed by atoms with Gasteiger partial charge in [0, 0.05) is 30.1 Å². The van der Waals surface area contributed by atoms with E-state index in [1.54, 1.807) is 21.3 Å². The fourth-order valence-corrected chi connectivity index (χ4v) is 1.82. The molecule has 0 aliphatic carbocycles. The van der Waals surface area contributed by atoms with Gasteiger partial charge in [0.2, 0.25) is 0 Å². The van der Waals surface area contributed by atoms with E-state index >= 15 is 0 Å². The molecular formula is C15H25N3O2S. The summed E-state index contributed by atoms with van der Waals surface area (Å²) in [6.45, 7) is 5.20. The van der Waals surface area contributed by atoms with Crippen molar-refractivity contribution in [1.29, 1.82) is 0 Å². The quantitative estimate of drug-likeness (QED) is 0.625. The highest BCUT2D eigenvalue weighted by Crippen LogP contribution is 2.29. The lowest BCUT2D eigenvalue weighted by Crippen LogP contribution is -2.39. The molecule has 0 saturated heterocycles. The summed E-state index contributed by atoms with van der Waals surface area (Å²) in [5, 5.41) is 6.57. The van der Waals surface area contributed by atoms with Crippen LogP contribution in [0, 0.1) is 0 Å². The normalized spacial score (nSPS) is 12.0. The Kier molecular flexibility index (Phi) is 6.68. The van der Waals surface area contributed by atoms with E-state index in [2.05, 4.69) is 35.7 Å². The Morgan fingerprint density at radius 3 is 2.43 bits per heavy atom. The monoisotopic (exact) mass is 311 g/mol. The van der Waals surface area contributed by atoms with Gasteiger partial charge in [-0.15, -0.1) is 0 Å². The number of hydrogen-bond acceptors (Lipinski definition) is 4. The third kappa shape index (κ3) is 5.38. The molecule has 0 fully saturated rings. The number of hydrogen-bond donors (Lipinski definition) is 2. The number of nitrogens with zero attached hydrogens (tertiary/aromatic N) is 1. The number of aliphatic imine (C=N–C) groups is 1. The van der Waals surface area contributed by atoms with Crippen LogP contribution in [0.3, 0.4) is 0 Å². The molecule has 1 aromatic carbocycles. The Bertz CT molecular complexity index is 490. The van der Waals surface area contributed by atoms with Crippen LogP contribution < -0.4 is 20.1 Å². The summed E-state index contributed by atoms with van der Waals surface area (Å²) in [5.41, 5.74) is 0.891. The summed E-state index contributed by atoms with van der Waals surface area (Å²) in [7, 11) is 4.99. The maximum absolute atomic E-state index is 5.30. The van der Waals surface area contributed by atoms with E-state index < -0.39 is 0 Å². The van der Waals surface area contributed by atoms with Crippen LogP contribution in [0.5, 0.6) is 11.5 Å². The van der Waals surface area contributed by atoms with E-state index in [1.807, 2.05) is 30.0 Å². The van der Waals surface area contributed by atoms with E-state index in [4.69, 9.17) is 9.47 Å². The van der Waals surface area contributed by atoms with Crippen molar-refractivity contribution in [2.45, 2.75) is 18.6 Å². The maximum Gasteiger partial charge on any atom is 0.195 e. The van der Waals surface area contributed by atoms with Crippen LogP contribution in [0.4, 0.5) is 5.69 Å². The first kappa shape index (κ1) is 17.5. The average molecular weight is 311 g/mol. The maximum atomic E-state index is 5.30.